The fourth-order valence-electron chi connectivity index (χ4n) is 4.60. The van der Waals surface area contributed by atoms with Crippen molar-refractivity contribution in [3.63, 3.8) is 0 Å². The SMILES string of the molecule is CSCCC(NC(=O)OC(C)(C)C)C(=O)N(C1CCC1)C(C(=O)Nc1c(C)cccc1C)c1ccc(O)cc1. The van der Waals surface area contributed by atoms with Crippen LogP contribution in [0.4, 0.5) is 10.5 Å². The number of amides is 3. The Morgan fingerprint density at radius 1 is 1.08 bits per heavy atom. The van der Waals surface area contributed by atoms with E-state index in [-0.39, 0.29) is 23.6 Å². The molecule has 1 fully saturated rings. The summed E-state index contributed by atoms with van der Waals surface area (Å²) in [6.07, 6.45) is 4.14. The van der Waals surface area contributed by atoms with Crippen LogP contribution >= 0.6 is 11.8 Å². The second-order valence-corrected chi connectivity index (χ2v) is 12.0. The lowest BCUT2D eigenvalue weighted by Crippen LogP contribution is -2.57. The third kappa shape index (κ3) is 8.14. The number of phenolic OH excluding ortho intramolecular Hbond substituents is 1. The molecule has 0 spiro atoms. The van der Waals surface area contributed by atoms with E-state index < -0.39 is 23.8 Å². The molecule has 0 radical (unpaired) electrons. The van der Waals surface area contributed by atoms with Gasteiger partial charge in [0, 0.05) is 11.7 Å². The third-order valence-corrected chi connectivity index (χ3v) is 7.43. The number of hydrogen-bond donors (Lipinski definition) is 3. The summed E-state index contributed by atoms with van der Waals surface area (Å²) in [6.45, 7) is 9.16. The number of anilines is 1. The van der Waals surface area contributed by atoms with Crippen molar-refractivity contribution in [3.05, 3.63) is 59.2 Å². The Bertz CT molecular complexity index is 1140. The van der Waals surface area contributed by atoms with Gasteiger partial charge in [-0.3, -0.25) is 9.59 Å². The van der Waals surface area contributed by atoms with Gasteiger partial charge in [-0.15, -0.1) is 0 Å². The molecule has 3 rings (SSSR count). The minimum absolute atomic E-state index is 0.0682. The molecule has 3 N–H and O–H groups in total. The highest BCUT2D eigenvalue weighted by molar-refractivity contribution is 7.98. The van der Waals surface area contributed by atoms with Crippen LogP contribution in [-0.2, 0) is 14.3 Å². The molecule has 2 atom stereocenters. The molecule has 0 aliphatic heterocycles. The molecule has 1 aliphatic rings. The maximum absolute atomic E-state index is 14.3. The topological polar surface area (TPSA) is 108 Å². The smallest absolute Gasteiger partial charge is 0.408 e. The highest BCUT2D eigenvalue weighted by Gasteiger charge is 2.42. The molecule has 2 unspecified atom stereocenters. The van der Waals surface area contributed by atoms with E-state index in [1.165, 1.54) is 12.1 Å². The van der Waals surface area contributed by atoms with Gasteiger partial charge < -0.3 is 25.4 Å². The Kier molecular flexibility index (Phi) is 10.3. The average Bonchev–Trinajstić information content (AvgIpc) is 2.82. The number of rotatable bonds is 10. The van der Waals surface area contributed by atoms with Crippen molar-refractivity contribution in [2.75, 3.05) is 17.3 Å². The van der Waals surface area contributed by atoms with Crippen LogP contribution in [0.2, 0.25) is 0 Å². The first-order valence-electron chi connectivity index (χ1n) is 13.4. The van der Waals surface area contributed by atoms with Crippen LogP contribution in [0.15, 0.2) is 42.5 Å². The quantitative estimate of drug-likeness (QED) is 0.346. The van der Waals surface area contributed by atoms with Crippen molar-refractivity contribution in [2.24, 2.45) is 0 Å². The minimum atomic E-state index is -0.959. The minimum Gasteiger partial charge on any atom is -0.508 e. The molecule has 3 amide bonds. The number of alkyl carbamates (subject to hydrolysis) is 1. The lowest BCUT2D eigenvalue weighted by molar-refractivity contribution is -0.145. The van der Waals surface area contributed by atoms with Gasteiger partial charge >= 0.3 is 6.09 Å². The molecular formula is C30H41N3O5S. The van der Waals surface area contributed by atoms with E-state index >= 15 is 0 Å². The number of nitrogens with zero attached hydrogens (tertiary/aromatic N) is 1. The van der Waals surface area contributed by atoms with Gasteiger partial charge in [-0.05, 0) is 101 Å². The standard InChI is InChI=1S/C30H41N3O5S/c1-19-9-7-10-20(2)25(19)32-27(35)26(21-13-15-23(34)16-14-21)33(22-11-8-12-22)28(36)24(17-18-39-6)31-29(37)38-30(3,4)5/h7,9-10,13-16,22,24,26,34H,8,11-12,17-18H2,1-6H3,(H,31,37)(H,32,35). The molecule has 9 heteroatoms. The number of ether oxygens (including phenoxy) is 1. The fraction of sp³-hybridized carbons (Fsp3) is 0.500. The lowest BCUT2D eigenvalue weighted by Gasteiger charge is -2.43. The molecule has 2 aromatic rings. The maximum Gasteiger partial charge on any atom is 0.408 e. The van der Waals surface area contributed by atoms with Crippen molar-refractivity contribution in [1.82, 2.24) is 10.2 Å². The number of carbonyl (C=O) groups excluding carboxylic acids is 3. The number of phenols is 1. The highest BCUT2D eigenvalue weighted by atomic mass is 32.2. The second kappa shape index (κ2) is 13.2. The number of aromatic hydroxyl groups is 1. The number of hydrogen-bond acceptors (Lipinski definition) is 6. The molecule has 0 aromatic heterocycles. The summed E-state index contributed by atoms with van der Waals surface area (Å²) in [5, 5.41) is 15.8. The van der Waals surface area contributed by atoms with Gasteiger partial charge in [0.25, 0.3) is 5.91 Å². The molecule has 1 saturated carbocycles. The molecule has 0 heterocycles. The zero-order valence-corrected chi connectivity index (χ0v) is 24.6. The van der Waals surface area contributed by atoms with Crippen LogP contribution in [0.3, 0.4) is 0 Å². The van der Waals surface area contributed by atoms with Crippen molar-refractivity contribution in [2.45, 2.75) is 84.0 Å². The van der Waals surface area contributed by atoms with Crippen LogP contribution in [0.25, 0.3) is 0 Å². The molecular weight excluding hydrogens is 514 g/mol. The molecule has 39 heavy (non-hydrogen) atoms. The van der Waals surface area contributed by atoms with Crippen LogP contribution < -0.4 is 10.6 Å². The van der Waals surface area contributed by atoms with Gasteiger partial charge in [-0.2, -0.15) is 11.8 Å². The second-order valence-electron chi connectivity index (χ2n) is 11.1. The van der Waals surface area contributed by atoms with E-state index in [1.54, 1.807) is 49.6 Å². The van der Waals surface area contributed by atoms with Gasteiger partial charge in [-0.25, -0.2) is 4.79 Å². The van der Waals surface area contributed by atoms with E-state index in [0.29, 0.717) is 23.4 Å². The zero-order valence-electron chi connectivity index (χ0n) is 23.7. The predicted octanol–water partition coefficient (Wildman–Crippen LogP) is 5.72. The Hall–Kier alpha value is -3.20. The lowest BCUT2D eigenvalue weighted by atomic mass is 9.88. The summed E-state index contributed by atoms with van der Waals surface area (Å²) in [6, 6.07) is 10.2. The van der Waals surface area contributed by atoms with E-state index in [9.17, 15) is 19.5 Å². The van der Waals surface area contributed by atoms with Crippen molar-refractivity contribution < 1.29 is 24.2 Å². The summed E-state index contributed by atoms with van der Waals surface area (Å²) >= 11 is 1.58. The predicted molar refractivity (Wildman–Crippen MR) is 156 cm³/mol. The Morgan fingerprint density at radius 3 is 2.21 bits per heavy atom. The number of nitrogens with one attached hydrogen (secondary N) is 2. The first-order valence-corrected chi connectivity index (χ1v) is 14.8. The van der Waals surface area contributed by atoms with E-state index in [2.05, 4.69) is 10.6 Å². The maximum atomic E-state index is 14.3. The first-order chi connectivity index (χ1) is 18.4. The van der Waals surface area contributed by atoms with Crippen molar-refractivity contribution in [3.8, 4) is 5.75 Å². The van der Waals surface area contributed by atoms with E-state index in [1.807, 2.05) is 38.3 Å². The monoisotopic (exact) mass is 555 g/mol. The molecule has 212 valence electrons. The summed E-state index contributed by atoms with van der Waals surface area (Å²) in [4.78, 5) is 42.7. The van der Waals surface area contributed by atoms with Gasteiger partial charge in [0.05, 0.1) is 0 Å². The van der Waals surface area contributed by atoms with Crippen molar-refractivity contribution in [1.29, 1.82) is 0 Å². The van der Waals surface area contributed by atoms with Gasteiger partial charge in [0.15, 0.2) is 0 Å². The largest absolute Gasteiger partial charge is 0.508 e. The average molecular weight is 556 g/mol. The molecule has 0 bridgehead atoms. The summed E-state index contributed by atoms with van der Waals surface area (Å²) in [5.41, 5.74) is 2.40. The number of thioether (sulfide) groups is 1. The van der Waals surface area contributed by atoms with Gasteiger partial charge in [-0.1, -0.05) is 30.3 Å². The fourth-order valence-corrected chi connectivity index (χ4v) is 5.08. The zero-order chi connectivity index (χ0) is 28.7. The van der Waals surface area contributed by atoms with E-state index in [4.69, 9.17) is 4.74 Å². The molecule has 2 aromatic carbocycles. The van der Waals surface area contributed by atoms with Crippen LogP contribution in [0, 0.1) is 13.8 Å². The highest BCUT2D eigenvalue weighted by Crippen LogP contribution is 2.35. The molecule has 8 nitrogen and oxygen atoms in total. The number of para-hydroxylation sites is 1. The normalized spacial score (nSPS) is 15.0. The first kappa shape index (κ1) is 30.3. The van der Waals surface area contributed by atoms with Crippen LogP contribution in [0.5, 0.6) is 5.75 Å². The number of aryl methyl sites for hydroxylation is 2. The Morgan fingerprint density at radius 2 is 1.69 bits per heavy atom. The van der Waals surface area contributed by atoms with Gasteiger partial charge in [0.1, 0.15) is 23.4 Å². The summed E-state index contributed by atoms with van der Waals surface area (Å²) in [5.74, 6) is 0.0376. The van der Waals surface area contributed by atoms with Gasteiger partial charge in [0.2, 0.25) is 5.91 Å². The Labute approximate surface area is 235 Å². The summed E-state index contributed by atoms with van der Waals surface area (Å²) < 4.78 is 5.46. The van der Waals surface area contributed by atoms with Crippen LogP contribution in [0.1, 0.15) is 69.2 Å². The van der Waals surface area contributed by atoms with Crippen LogP contribution in [-0.4, -0.2) is 57.6 Å². The number of benzene rings is 2. The molecule has 1 aliphatic carbocycles. The van der Waals surface area contributed by atoms with Crippen molar-refractivity contribution >= 4 is 35.4 Å². The number of carbonyl (C=O) groups is 3. The molecule has 0 saturated heterocycles. The van der Waals surface area contributed by atoms with E-state index in [0.717, 1.165) is 30.4 Å². The Balaban J connectivity index is 2.03. The third-order valence-electron chi connectivity index (χ3n) is 6.79. The summed E-state index contributed by atoms with van der Waals surface area (Å²) in [7, 11) is 0.